The molecule has 0 aliphatic carbocycles. The Morgan fingerprint density at radius 2 is 1.40 bits per heavy atom. The predicted octanol–water partition coefficient (Wildman–Crippen LogP) is -1.12. The molecule has 0 atom stereocenters. The number of nitrogens with zero attached hydrogens (tertiary/aromatic N) is 2. The molecule has 0 radical (unpaired) electrons. The highest BCUT2D eigenvalue weighted by molar-refractivity contribution is 5.95. The van der Waals surface area contributed by atoms with Gasteiger partial charge >= 0.3 is 5.65 Å². The van der Waals surface area contributed by atoms with Crippen molar-refractivity contribution in [3.63, 3.8) is 0 Å². The van der Waals surface area contributed by atoms with Crippen molar-refractivity contribution in [2.24, 2.45) is 0 Å². The zero-order chi connectivity index (χ0) is 17.9. The van der Waals surface area contributed by atoms with Gasteiger partial charge in [0.25, 0.3) is 0 Å². The number of hydrogen-bond donors (Lipinski definition) is 0. The standard InChI is InChI=1S/C18H13N2.ClHO4/c1-2-8-15-14(6-1)7-5-9-16(15)17-11-13-20-12-4-3-10-18(20)19-17;2-1(3,4)5/h1-13H;(H,2,3,4,5)/q+1;/p-1. The second-order valence-electron chi connectivity index (χ2n) is 5.18. The van der Waals surface area contributed by atoms with Crippen molar-refractivity contribution in [1.29, 1.82) is 0 Å². The summed E-state index contributed by atoms with van der Waals surface area (Å²) in [5.41, 5.74) is 3.14. The molecule has 2 heterocycles. The minimum atomic E-state index is -4.94. The normalized spacial score (nSPS) is 11.2. The first-order valence-corrected chi connectivity index (χ1v) is 8.52. The van der Waals surface area contributed by atoms with E-state index < -0.39 is 10.2 Å². The summed E-state index contributed by atoms with van der Waals surface area (Å²) in [4.78, 5) is 4.76. The highest BCUT2D eigenvalue weighted by Gasteiger charge is 2.11. The van der Waals surface area contributed by atoms with Crippen LogP contribution in [0.5, 0.6) is 0 Å². The molecule has 2 aromatic heterocycles. The molecule has 7 heteroatoms. The topological polar surface area (TPSA) is 109 Å². The quantitative estimate of drug-likeness (QED) is 0.401. The summed E-state index contributed by atoms with van der Waals surface area (Å²) in [7, 11) is -4.94. The van der Waals surface area contributed by atoms with Crippen molar-refractivity contribution in [2.45, 2.75) is 0 Å². The van der Waals surface area contributed by atoms with Gasteiger partial charge in [-0.2, -0.15) is 0 Å². The summed E-state index contributed by atoms with van der Waals surface area (Å²) in [6.07, 6.45) is 4.06. The van der Waals surface area contributed by atoms with Gasteiger partial charge in [0, 0.05) is 17.7 Å². The van der Waals surface area contributed by atoms with Crippen LogP contribution in [0.25, 0.3) is 27.7 Å². The third kappa shape index (κ3) is 4.48. The van der Waals surface area contributed by atoms with Crippen LogP contribution in [-0.2, 0) is 0 Å². The van der Waals surface area contributed by atoms with E-state index in [0.717, 1.165) is 11.3 Å². The van der Waals surface area contributed by atoms with E-state index in [9.17, 15) is 0 Å². The molecular weight excluding hydrogens is 344 g/mol. The molecule has 0 aliphatic rings. The monoisotopic (exact) mass is 356 g/mol. The Morgan fingerprint density at radius 3 is 2.20 bits per heavy atom. The Hall–Kier alpha value is -2.61. The van der Waals surface area contributed by atoms with Crippen LogP contribution in [-0.4, -0.2) is 4.98 Å². The number of hydrogen-bond acceptors (Lipinski definition) is 5. The maximum absolute atomic E-state index is 8.49. The van der Waals surface area contributed by atoms with Gasteiger partial charge in [-0.3, -0.25) is 0 Å². The smallest absolute Gasteiger partial charge is 0.222 e. The Balaban J connectivity index is 0.000000324. The molecule has 126 valence electrons. The van der Waals surface area contributed by atoms with Gasteiger partial charge in [-0.1, -0.05) is 42.5 Å². The number of pyridine rings is 1. The van der Waals surface area contributed by atoms with E-state index in [1.165, 1.54) is 16.3 Å². The Labute approximate surface area is 145 Å². The largest absolute Gasteiger partial charge is 0.328 e. The van der Waals surface area contributed by atoms with Gasteiger partial charge in [0.2, 0.25) is 0 Å². The van der Waals surface area contributed by atoms with Crippen LogP contribution in [0.2, 0.25) is 0 Å². The van der Waals surface area contributed by atoms with Crippen LogP contribution in [0.4, 0.5) is 0 Å². The van der Waals surface area contributed by atoms with Crippen LogP contribution in [0, 0.1) is 10.2 Å². The van der Waals surface area contributed by atoms with Crippen LogP contribution in [0.1, 0.15) is 0 Å². The molecule has 2 aromatic carbocycles. The van der Waals surface area contributed by atoms with Crippen LogP contribution in [0.3, 0.4) is 0 Å². The molecular formula is C18H13ClN2O4. The van der Waals surface area contributed by atoms with Gasteiger partial charge in [-0.15, -0.1) is 10.2 Å². The SMILES string of the molecule is [O-][Cl+3]([O-])([O-])[O-].c1ccc2c(-c3cc[n+]4ccccc4n3)cccc2c1. The fourth-order valence-electron chi connectivity index (χ4n) is 2.58. The van der Waals surface area contributed by atoms with Crippen molar-refractivity contribution >= 4 is 16.4 Å². The highest BCUT2D eigenvalue weighted by atomic mass is 35.7. The minimum absolute atomic E-state index is 0.956. The average molecular weight is 357 g/mol. The fourth-order valence-corrected chi connectivity index (χ4v) is 2.58. The lowest BCUT2D eigenvalue weighted by atomic mass is 10.0. The minimum Gasteiger partial charge on any atom is -0.222 e. The number of halogens is 1. The maximum atomic E-state index is 8.49. The van der Waals surface area contributed by atoms with Crippen LogP contribution >= 0.6 is 0 Å². The molecule has 0 bridgehead atoms. The first kappa shape index (κ1) is 17.2. The van der Waals surface area contributed by atoms with Gasteiger partial charge in [-0.25, -0.2) is 23.0 Å². The molecule has 0 unspecified atom stereocenters. The van der Waals surface area contributed by atoms with Crippen molar-refractivity contribution in [2.75, 3.05) is 0 Å². The van der Waals surface area contributed by atoms with Crippen LogP contribution in [0.15, 0.2) is 79.1 Å². The highest BCUT2D eigenvalue weighted by Crippen LogP contribution is 2.26. The van der Waals surface area contributed by atoms with Crippen molar-refractivity contribution < 1.29 is 33.3 Å². The molecule has 0 saturated carbocycles. The van der Waals surface area contributed by atoms with Gasteiger partial charge < -0.3 is 0 Å². The Morgan fingerprint density at radius 1 is 0.720 bits per heavy atom. The maximum Gasteiger partial charge on any atom is 0.328 e. The first-order valence-electron chi connectivity index (χ1n) is 7.29. The van der Waals surface area contributed by atoms with Gasteiger partial charge in [0.05, 0.1) is 6.20 Å². The fraction of sp³-hybridized carbons (Fsp3) is 0. The summed E-state index contributed by atoms with van der Waals surface area (Å²) in [5.74, 6) is 0. The molecule has 25 heavy (non-hydrogen) atoms. The molecule has 6 nitrogen and oxygen atoms in total. The number of aromatic nitrogens is 2. The summed E-state index contributed by atoms with van der Waals surface area (Å²) >= 11 is 0. The van der Waals surface area contributed by atoms with Crippen LogP contribution < -0.4 is 23.0 Å². The summed E-state index contributed by atoms with van der Waals surface area (Å²) in [5, 5.41) is 2.48. The van der Waals surface area contributed by atoms with E-state index in [2.05, 4.69) is 54.7 Å². The molecule has 0 N–H and O–H groups in total. The van der Waals surface area contributed by atoms with E-state index in [0.29, 0.717) is 0 Å². The van der Waals surface area contributed by atoms with E-state index in [-0.39, 0.29) is 0 Å². The van der Waals surface area contributed by atoms with Crippen molar-refractivity contribution in [3.05, 3.63) is 79.1 Å². The second-order valence-corrected chi connectivity index (χ2v) is 5.94. The Bertz CT molecular complexity index is 1010. The van der Waals surface area contributed by atoms with Gasteiger partial charge in [0.1, 0.15) is 6.20 Å². The predicted molar refractivity (Wildman–Crippen MR) is 80.3 cm³/mol. The van der Waals surface area contributed by atoms with Gasteiger partial charge in [-0.05, 0) is 27.9 Å². The number of rotatable bonds is 1. The summed E-state index contributed by atoms with van der Waals surface area (Å²) in [6.45, 7) is 0. The van der Waals surface area contributed by atoms with Gasteiger partial charge in [0.15, 0.2) is 5.69 Å². The molecule has 0 aliphatic heterocycles. The van der Waals surface area contributed by atoms with Crippen molar-refractivity contribution in [1.82, 2.24) is 4.98 Å². The molecule has 4 aromatic rings. The lowest BCUT2D eigenvalue weighted by Gasteiger charge is -2.17. The molecule has 0 saturated heterocycles. The van der Waals surface area contributed by atoms with E-state index in [4.69, 9.17) is 23.6 Å². The third-order valence-electron chi connectivity index (χ3n) is 3.56. The van der Waals surface area contributed by atoms with E-state index in [1.807, 2.05) is 28.8 Å². The third-order valence-corrected chi connectivity index (χ3v) is 3.56. The summed E-state index contributed by atoms with van der Waals surface area (Å²) < 4.78 is 36.0. The lowest BCUT2D eigenvalue weighted by Crippen LogP contribution is -2.68. The average Bonchev–Trinajstić information content (AvgIpc) is 2.59. The number of fused-ring (bicyclic) bond motifs is 2. The number of benzene rings is 2. The second kappa shape index (κ2) is 7.10. The van der Waals surface area contributed by atoms with Crippen molar-refractivity contribution in [3.8, 4) is 11.3 Å². The molecule has 0 amide bonds. The van der Waals surface area contributed by atoms with E-state index in [1.54, 1.807) is 0 Å². The first-order chi connectivity index (χ1) is 11.9. The molecule has 4 rings (SSSR count). The van der Waals surface area contributed by atoms with E-state index >= 15 is 0 Å². The summed E-state index contributed by atoms with van der Waals surface area (Å²) in [6, 6.07) is 22.9. The zero-order valence-electron chi connectivity index (χ0n) is 12.9. The Kier molecular flexibility index (Phi) is 4.89. The molecule has 0 fully saturated rings. The zero-order valence-corrected chi connectivity index (χ0v) is 13.7. The molecule has 0 spiro atoms. The lowest BCUT2D eigenvalue weighted by molar-refractivity contribution is -2.00.